The van der Waals surface area contributed by atoms with Gasteiger partial charge in [-0.25, -0.2) is 4.39 Å². The van der Waals surface area contributed by atoms with Crippen molar-refractivity contribution in [3.8, 4) is 5.75 Å². The zero-order valence-electron chi connectivity index (χ0n) is 13.0. The number of hydrogen-bond donors (Lipinski definition) is 1. The largest absolute Gasteiger partial charge is 0.496 e. The summed E-state index contributed by atoms with van der Waals surface area (Å²) in [7, 11) is 3.50. The van der Waals surface area contributed by atoms with E-state index in [2.05, 4.69) is 31.3 Å². The van der Waals surface area contributed by atoms with Gasteiger partial charge in [0.2, 0.25) is 0 Å². The molecule has 0 fully saturated rings. The monoisotopic (exact) mass is 287 g/mol. The molecule has 0 spiro atoms. The van der Waals surface area contributed by atoms with E-state index in [4.69, 9.17) is 4.74 Å². The van der Waals surface area contributed by atoms with Crippen LogP contribution < -0.4 is 10.1 Å². The quantitative estimate of drug-likeness (QED) is 0.895. The summed E-state index contributed by atoms with van der Waals surface area (Å²) in [6.45, 7) is 4.29. The third-order valence-corrected chi connectivity index (χ3v) is 4.03. The lowest BCUT2D eigenvalue weighted by Crippen LogP contribution is -2.35. The van der Waals surface area contributed by atoms with Gasteiger partial charge in [-0.2, -0.15) is 0 Å². The van der Waals surface area contributed by atoms with Crippen LogP contribution in [0.2, 0.25) is 0 Å². The molecule has 3 heteroatoms. The second kappa shape index (κ2) is 6.27. The maximum atomic E-state index is 13.7. The third-order valence-electron chi connectivity index (χ3n) is 4.03. The van der Waals surface area contributed by atoms with Gasteiger partial charge in [-0.15, -0.1) is 0 Å². The van der Waals surface area contributed by atoms with Crippen LogP contribution in [0.25, 0.3) is 0 Å². The third kappa shape index (κ3) is 3.08. The fourth-order valence-electron chi connectivity index (χ4n) is 2.87. The van der Waals surface area contributed by atoms with Crippen molar-refractivity contribution >= 4 is 0 Å². The SMILES string of the molecule is CNC(c1cc(F)ccc1OC)C(C)(C)c1ccccc1. The number of benzene rings is 2. The lowest BCUT2D eigenvalue weighted by Gasteiger charge is -2.36. The lowest BCUT2D eigenvalue weighted by atomic mass is 9.74. The molecule has 21 heavy (non-hydrogen) atoms. The van der Waals surface area contributed by atoms with Crippen molar-refractivity contribution in [2.45, 2.75) is 25.3 Å². The van der Waals surface area contributed by atoms with E-state index in [0.717, 1.165) is 5.56 Å². The Bertz CT molecular complexity index is 595. The average Bonchev–Trinajstić information content (AvgIpc) is 2.49. The van der Waals surface area contributed by atoms with Crippen molar-refractivity contribution in [3.05, 3.63) is 65.5 Å². The van der Waals surface area contributed by atoms with Crippen LogP contribution in [0.15, 0.2) is 48.5 Å². The highest BCUT2D eigenvalue weighted by atomic mass is 19.1. The predicted molar refractivity (Wildman–Crippen MR) is 84.2 cm³/mol. The minimum absolute atomic E-state index is 0.0643. The molecule has 0 aromatic heterocycles. The topological polar surface area (TPSA) is 21.3 Å². The molecule has 0 aliphatic heterocycles. The fraction of sp³-hybridized carbons (Fsp3) is 0.333. The molecule has 1 N–H and O–H groups in total. The molecule has 1 unspecified atom stereocenters. The van der Waals surface area contributed by atoms with E-state index < -0.39 is 0 Å². The summed E-state index contributed by atoms with van der Waals surface area (Å²) in [5, 5.41) is 3.31. The van der Waals surface area contributed by atoms with Gasteiger partial charge in [0.15, 0.2) is 0 Å². The van der Waals surface area contributed by atoms with Crippen molar-refractivity contribution < 1.29 is 9.13 Å². The highest BCUT2D eigenvalue weighted by Gasteiger charge is 2.33. The molecule has 0 amide bonds. The average molecular weight is 287 g/mol. The van der Waals surface area contributed by atoms with Gasteiger partial charge < -0.3 is 10.1 Å². The summed E-state index contributed by atoms with van der Waals surface area (Å²) in [6.07, 6.45) is 0. The smallest absolute Gasteiger partial charge is 0.123 e. The second-order valence-corrected chi connectivity index (χ2v) is 5.70. The summed E-state index contributed by atoms with van der Waals surface area (Å²) < 4.78 is 19.1. The number of hydrogen-bond acceptors (Lipinski definition) is 2. The number of ether oxygens (including phenoxy) is 1. The molecule has 0 aliphatic carbocycles. The fourth-order valence-corrected chi connectivity index (χ4v) is 2.87. The first-order valence-electron chi connectivity index (χ1n) is 7.07. The number of rotatable bonds is 5. The minimum Gasteiger partial charge on any atom is -0.496 e. The van der Waals surface area contributed by atoms with Crippen LogP contribution in [0.3, 0.4) is 0 Å². The number of halogens is 1. The molecule has 0 saturated carbocycles. The Hall–Kier alpha value is -1.87. The van der Waals surface area contributed by atoms with Crippen molar-refractivity contribution in [2.75, 3.05) is 14.2 Å². The van der Waals surface area contributed by atoms with Gasteiger partial charge in [0, 0.05) is 17.0 Å². The first kappa shape index (κ1) is 15.5. The summed E-state index contributed by atoms with van der Waals surface area (Å²) in [5.74, 6) is 0.440. The molecule has 1 atom stereocenters. The summed E-state index contributed by atoms with van der Waals surface area (Å²) >= 11 is 0. The maximum Gasteiger partial charge on any atom is 0.123 e. The summed E-state index contributed by atoms with van der Waals surface area (Å²) in [6, 6.07) is 14.8. The van der Waals surface area contributed by atoms with Crippen LogP contribution in [0.5, 0.6) is 5.75 Å². The van der Waals surface area contributed by atoms with Crippen LogP contribution in [0.4, 0.5) is 4.39 Å². The Labute approximate surface area is 126 Å². The van der Waals surface area contributed by atoms with Gasteiger partial charge >= 0.3 is 0 Å². The standard InChI is InChI=1S/C18H22FNO/c1-18(2,13-8-6-5-7-9-13)17(20-3)15-12-14(19)10-11-16(15)21-4/h5-12,17,20H,1-4H3. The molecular formula is C18H22FNO. The van der Waals surface area contributed by atoms with E-state index >= 15 is 0 Å². The Balaban J connectivity index is 2.51. The van der Waals surface area contributed by atoms with Crippen LogP contribution in [-0.4, -0.2) is 14.2 Å². The lowest BCUT2D eigenvalue weighted by molar-refractivity contribution is 0.343. The van der Waals surface area contributed by atoms with E-state index in [0.29, 0.717) is 5.75 Å². The number of methoxy groups -OCH3 is 1. The van der Waals surface area contributed by atoms with Crippen LogP contribution >= 0.6 is 0 Å². The van der Waals surface area contributed by atoms with Gasteiger partial charge in [-0.05, 0) is 30.8 Å². The maximum absolute atomic E-state index is 13.7. The van der Waals surface area contributed by atoms with Gasteiger partial charge in [-0.1, -0.05) is 44.2 Å². The van der Waals surface area contributed by atoms with Crippen molar-refractivity contribution in [1.82, 2.24) is 5.32 Å². The van der Waals surface area contributed by atoms with Crippen molar-refractivity contribution in [3.63, 3.8) is 0 Å². The summed E-state index contributed by atoms with van der Waals surface area (Å²) in [5.41, 5.74) is 1.81. The van der Waals surface area contributed by atoms with E-state index in [1.165, 1.54) is 11.6 Å². The Morgan fingerprint density at radius 2 is 1.76 bits per heavy atom. The van der Waals surface area contributed by atoms with E-state index in [1.807, 2.05) is 25.2 Å². The number of likely N-dealkylation sites (N-methyl/N-ethyl adjacent to an activating group) is 1. The zero-order valence-corrected chi connectivity index (χ0v) is 13.0. The molecule has 0 radical (unpaired) electrons. The molecule has 0 bridgehead atoms. The van der Waals surface area contributed by atoms with E-state index in [1.54, 1.807) is 19.2 Å². The number of nitrogens with one attached hydrogen (secondary N) is 1. The van der Waals surface area contributed by atoms with Gasteiger partial charge in [0.25, 0.3) is 0 Å². The van der Waals surface area contributed by atoms with E-state index in [-0.39, 0.29) is 17.3 Å². The van der Waals surface area contributed by atoms with Crippen LogP contribution in [0.1, 0.15) is 31.0 Å². The van der Waals surface area contributed by atoms with Crippen LogP contribution in [0, 0.1) is 5.82 Å². The highest BCUT2D eigenvalue weighted by molar-refractivity contribution is 5.41. The Morgan fingerprint density at radius 1 is 1.10 bits per heavy atom. The Morgan fingerprint density at radius 3 is 2.33 bits per heavy atom. The minimum atomic E-state index is -0.255. The van der Waals surface area contributed by atoms with Gasteiger partial charge in [0.1, 0.15) is 11.6 Å². The predicted octanol–water partition coefficient (Wildman–Crippen LogP) is 4.07. The molecular weight excluding hydrogens is 265 g/mol. The first-order chi connectivity index (χ1) is 10.0. The van der Waals surface area contributed by atoms with Gasteiger partial charge in [-0.3, -0.25) is 0 Å². The molecule has 0 heterocycles. The normalized spacial score (nSPS) is 13.0. The molecule has 0 saturated heterocycles. The van der Waals surface area contributed by atoms with Crippen LogP contribution in [-0.2, 0) is 5.41 Å². The molecule has 2 aromatic carbocycles. The molecule has 2 rings (SSSR count). The first-order valence-corrected chi connectivity index (χ1v) is 7.07. The molecule has 2 aromatic rings. The van der Waals surface area contributed by atoms with Crippen molar-refractivity contribution in [2.24, 2.45) is 0 Å². The molecule has 112 valence electrons. The molecule has 2 nitrogen and oxygen atoms in total. The van der Waals surface area contributed by atoms with E-state index in [9.17, 15) is 4.39 Å². The highest BCUT2D eigenvalue weighted by Crippen LogP contribution is 2.40. The molecule has 0 aliphatic rings. The Kier molecular flexibility index (Phi) is 4.63. The van der Waals surface area contributed by atoms with Gasteiger partial charge in [0.05, 0.1) is 7.11 Å². The van der Waals surface area contributed by atoms with Crippen molar-refractivity contribution in [1.29, 1.82) is 0 Å². The summed E-state index contributed by atoms with van der Waals surface area (Å²) in [4.78, 5) is 0. The second-order valence-electron chi connectivity index (χ2n) is 5.70. The zero-order chi connectivity index (χ0) is 15.5.